The van der Waals surface area contributed by atoms with Crippen LogP contribution in [0.25, 0.3) is 0 Å². The van der Waals surface area contributed by atoms with E-state index in [1.165, 1.54) is 11.8 Å². The van der Waals surface area contributed by atoms with Gasteiger partial charge in [-0.2, -0.15) is 0 Å². The van der Waals surface area contributed by atoms with Gasteiger partial charge in [0.1, 0.15) is 6.04 Å². The molecule has 2 saturated heterocycles. The van der Waals surface area contributed by atoms with Crippen molar-refractivity contribution in [2.75, 3.05) is 25.9 Å². The molecule has 16 heavy (non-hydrogen) atoms. The quantitative estimate of drug-likeness (QED) is 0.734. The summed E-state index contributed by atoms with van der Waals surface area (Å²) < 4.78 is 0. The van der Waals surface area contributed by atoms with Gasteiger partial charge in [-0.15, -0.1) is 0 Å². The van der Waals surface area contributed by atoms with E-state index in [9.17, 15) is 9.59 Å². The van der Waals surface area contributed by atoms with Crippen LogP contribution in [0.1, 0.15) is 12.8 Å². The Hall–Kier alpha value is -0.750. The van der Waals surface area contributed by atoms with Gasteiger partial charge in [-0.1, -0.05) is 11.8 Å². The molecule has 2 N–H and O–H groups in total. The van der Waals surface area contributed by atoms with E-state index in [1.807, 2.05) is 11.9 Å². The first-order chi connectivity index (χ1) is 7.72. The number of likely N-dealkylation sites (tertiary alicyclic amines) is 1. The van der Waals surface area contributed by atoms with Crippen LogP contribution >= 0.6 is 11.8 Å². The lowest BCUT2D eigenvalue weighted by Crippen LogP contribution is -2.49. The van der Waals surface area contributed by atoms with Crippen molar-refractivity contribution in [2.24, 2.45) is 0 Å². The summed E-state index contributed by atoms with van der Waals surface area (Å²) in [6.07, 6.45) is 2.12. The molecule has 2 heterocycles. The minimum Gasteiger partial charge on any atom is -0.337 e. The van der Waals surface area contributed by atoms with Gasteiger partial charge in [0.15, 0.2) is 0 Å². The smallest absolute Gasteiger partial charge is 0.279 e. The maximum absolute atomic E-state index is 12.1. The van der Waals surface area contributed by atoms with Crippen LogP contribution in [-0.4, -0.2) is 54.0 Å². The van der Waals surface area contributed by atoms with Gasteiger partial charge in [0.25, 0.3) is 5.24 Å². The maximum atomic E-state index is 12.1. The Kier molecular flexibility index (Phi) is 3.70. The normalized spacial score (nSPS) is 29.6. The highest BCUT2D eigenvalue weighted by Gasteiger charge is 2.36. The van der Waals surface area contributed by atoms with Gasteiger partial charge < -0.3 is 15.5 Å². The minimum absolute atomic E-state index is 0.0797. The Balaban J connectivity index is 1.95. The summed E-state index contributed by atoms with van der Waals surface area (Å²) in [7, 11) is 1.90. The van der Waals surface area contributed by atoms with E-state index in [4.69, 9.17) is 0 Å². The third-order valence-electron chi connectivity index (χ3n) is 3.07. The van der Waals surface area contributed by atoms with Gasteiger partial charge in [0.2, 0.25) is 5.91 Å². The molecule has 2 fully saturated rings. The number of nitrogens with zero attached hydrogens (tertiary/aromatic N) is 1. The molecule has 0 spiro atoms. The topological polar surface area (TPSA) is 61.4 Å². The highest BCUT2D eigenvalue weighted by atomic mass is 32.2. The fourth-order valence-corrected chi connectivity index (χ4v) is 3.06. The van der Waals surface area contributed by atoms with E-state index in [1.54, 1.807) is 0 Å². The predicted molar refractivity (Wildman–Crippen MR) is 63.4 cm³/mol. The lowest BCUT2D eigenvalue weighted by atomic mass is 10.2. The second kappa shape index (κ2) is 5.05. The molecule has 2 atom stereocenters. The van der Waals surface area contributed by atoms with Crippen molar-refractivity contribution in [3.05, 3.63) is 0 Å². The molecule has 6 heteroatoms. The van der Waals surface area contributed by atoms with Crippen LogP contribution in [0.15, 0.2) is 0 Å². The van der Waals surface area contributed by atoms with Crippen LogP contribution in [0.4, 0.5) is 4.79 Å². The van der Waals surface area contributed by atoms with Crippen molar-refractivity contribution in [2.45, 2.75) is 24.9 Å². The highest BCUT2D eigenvalue weighted by Crippen LogP contribution is 2.21. The van der Waals surface area contributed by atoms with Gasteiger partial charge in [-0.25, -0.2) is 0 Å². The number of likely N-dealkylation sites (N-methyl/N-ethyl adjacent to an activating group) is 1. The number of nitrogens with one attached hydrogen (secondary N) is 2. The largest absolute Gasteiger partial charge is 0.337 e. The number of thioether (sulfide) groups is 1. The molecule has 0 radical (unpaired) electrons. The Bertz CT molecular complexity index is 298. The van der Waals surface area contributed by atoms with Crippen molar-refractivity contribution in [3.8, 4) is 0 Å². The molecule has 0 aromatic rings. The second-order valence-corrected chi connectivity index (χ2v) is 5.17. The SMILES string of the molecule is CNCC1CCCN1C(=O)C1CSC(=O)N1. The van der Waals surface area contributed by atoms with Gasteiger partial charge in [-0.05, 0) is 19.9 Å². The summed E-state index contributed by atoms with van der Waals surface area (Å²) in [5.74, 6) is 0.650. The number of carbonyl (C=O) groups excluding carboxylic acids is 2. The fourth-order valence-electron chi connectivity index (χ4n) is 2.29. The number of carbonyl (C=O) groups is 2. The van der Waals surface area contributed by atoms with Gasteiger partial charge >= 0.3 is 0 Å². The summed E-state index contributed by atoms with van der Waals surface area (Å²) in [6.45, 7) is 1.65. The molecule has 2 unspecified atom stereocenters. The molecule has 5 nitrogen and oxygen atoms in total. The van der Waals surface area contributed by atoms with Crippen LogP contribution in [-0.2, 0) is 4.79 Å². The van der Waals surface area contributed by atoms with Gasteiger partial charge in [-0.3, -0.25) is 9.59 Å². The van der Waals surface area contributed by atoms with Crippen LogP contribution in [0.2, 0.25) is 0 Å². The third-order valence-corrected chi connectivity index (χ3v) is 3.95. The summed E-state index contributed by atoms with van der Waals surface area (Å²) in [5, 5.41) is 5.73. The number of rotatable bonds is 3. The highest BCUT2D eigenvalue weighted by molar-refractivity contribution is 8.14. The Morgan fingerprint density at radius 1 is 1.69 bits per heavy atom. The fraction of sp³-hybridized carbons (Fsp3) is 0.800. The molecule has 2 aliphatic heterocycles. The average Bonchev–Trinajstić information content (AvgIpc) is 2.87. The monoisotopic (exact) mass is 243 g/mol. The Morgan fingerprint density at radius 3 is 3.12 bits per heavy atom. The molecule has 2 rings (SSSR count). The molecular formula is C10H17N3O2S. The standard InChI is InChI=1S/C10H17N3O2S/c1-11-5-7-3-2-4-13(7)9(14)8-6-16-10(15)12-8/h7-8,11H,2-6H2,1H3,(H,12,15). The second-order valence-electron chi connectivity index (χ2n) is 4.18. The van der Waals surface area contributed by atoms with E-state index in [0.717, 1.165) is 25.9 Å². The lowest BCUT2D eigenvalue weighted by molar-refractivity contribution is -0.133. The summed E-state index contributed by atoms with van der Waals surface area (Å²) >= 11 is 1.19. The van der Waals surface area contributed by atoms with Crippen LogP contribution in [0.3, 0.4) is 0 Å². The number of amides is 2. The predicted octanol–water partition coefficient (Wildman–Crippen LogP) is 0.0218. The Labute approximate surface area is 99.3 Å². The zero-order valence-electron chi connectivity index (χ0n) is 9.36. The molecule has 0 aromatic heterocycles. The van der Waals surface area contributed by atoms with Crippen molar-refractivity contribution in [1.82, 2.24) is 15.5 Å². The molecule has 2 aliphatic rings. The van der Waals surface area contributed by atoms with Crippen LogP contribution in [0, 0.1) is 0 Å². The average molecular weight is 243 g/mol. The molecule has 2 amide bonds. The molecule has 90 valence electrons. The first kappa shape index (κ1) is 11.7. The summed E-state index contributed by atoms with van der Waals surface area (Å²) in [4.78, 5) is 25.1. The van der Waals surface area contributed by atoms with Crippen LogP contribution in [0.5, 0.6) is 0 Å². The first-order valence-corrected chi connectivity index (χ1v) is 6.59. The molecule has 0 aromatic carbocycles. The van der Waals surface area contributed by atoms with Crippen molar-refractivity contribution >= 4 is 22.9 Å². The minimum atomic E-state index is -0.310. The maximum Gasteiger partial charge on any atom is 0.279 e. The summed E-state index contributed by atoms with van der Waals surface area (Å²) in [5.41, 5.74) is 0. The number of hydrogen-bond donors (Lipinski definition) is 2. The van der Waals surface area contributed by atoms with E-state index < -0.39 is 0 Å². The van der Waals surface area contributed by atoms with E-state index in [2.05, 4.69) is 10.6 Å². The molecule has 0 saturated carbocycles. The zero-order valence-corrected chi connectivity index (χ0v) is 10.2. The third kappa shape index (κ3) is 2.32. The number of hydrogen-bond acceptors (Lipinski definition) is 4. The van der Waals surface area contributed by atoms with Crippen molar-refractivity contribution in [3.63, 3.8) is 0 Å². The zero-order chi connectivity index (χ0) is 11.5. The van der Waals surface area contributed by atoms with Crippen LogP contribution < -0.4 is 10.6 Å². The Morgan fingerprint density at radius 2 is 2.50 bits per heavy atom. The van der Waals surface area contributed by atoms with Gasteiger partial charge in [0.05, 0.1) is 0 Å². The first-order valence-electron chi connectivity index (χ1n) is 5.60. The van der Waals surface area contributed by atoms with E-state index >= 15 is 0 Å². The van der Waals surface area contributed by atoms with Crippen molar-refractivity contribution < 1.29 is 9.59 Å². The molecule has 0 aliphatic carbocycles. The summed E-state index contributed by atoms with van der Waals surface area (Å²) in [6, 6.07) is -0.0186. The lowest BCUT2D eigenvalue weighted by Gasteiger charge is -2.26. The molecular weight excluding hydrogens is 226 g/mol. The van der Waals surface area contributed by atoms with E-state index in [-0.39, 0.29) is 17.2 Å². The molecule has 0 bridgehead atoms. The van der Waals surface area contributed by atoms with Gasteiger partial charge in [0, 0.05) is 24.9 Å². The van der Waals surface area contributed by atoms with Crippen molar-refractivity contribution in [1.29, 1.82) is 0 Å². The van der Waals surface area contributed by atoms with E-state index in [0.29, 0.717) is 11.8 Å².